The smallest absolute Gasteiger partial charge is 0.437 e. The normalized spacial score (nSPS) is 14.6. The van der Waals surface area contributed by atoms with Crippen LogP contribution in [0.5, 0.6) is 11.5 Å². The van der Waals surface area contributed by atoms with Crippen molar-refractivity contribution in [2.24, 2.45) is 0 Å². The summed E-state index contributed by atoms with van der Waals surface area (Å²) in [5.74, 6) is 1.82. The standard InChI is InChI=1S/C29H33F3N8O3/c1-2-5-20-23(9-8-21-27(20)43-36-28(21)29(30,31)32)41-15-4-12-40-17-19(16-39-13-10-33-11-14-39)26-22(40)6-3-7-24(26)42-18-25-34-37-38-35-25/h3,6-9,17,33H,2,4-5,10-16,18H2,1H3,(H,34,35,37,38). The van der Waals surface area contributed by atoms with Gasteiger partial charge >= 0.3 is 6.18 Å². The summed E-state index contributed by atoms with van der Waals surface area (Å²) in [5, 5.41) is 21.6. The summed E-state index contributed by atoms with van der Waals surface area (Å²) in [4.78, 5) is 2.43. The van der Waals surface area contributed by atoms with E-state index < -0.39 is 11.9 Å². The molecule has 4 heterocycles. The number of tetrazole rings is 1. The molecule has 0 saturated carbocycles. The van der Waals surface area contributed by atoms with Crippen LogP contribution in [-0.2, 0) is 32.3 Å². The lowest BCUT2D eigenvalue weighted by Gasteiger charge is -2.27. The lowest BCUT2D eigenvalue weighted by Crippen LogP contribution is -2.42. The largest absolute Gasteiger partial charge is 0.493 e. The lowest BCUT2D eigenvalue weighted by atomic mass is 10.0. The van der Waals surface area contributed by atoms with Gasteiger partial charge < -0.3 is 23.9 Å². The van der Waals surface area contributed by atoms with Gasteiger partial charge in [-0.05, 0) is 53.1 Å². The minimum Gasteiger partial charge on any atom is -0.493 e. The number of alkyl halides is 3. The first-order valence-corrected chi connectivity index (χ1v) is 14.4. The molecule has 14 heteroatoms. The van der Waals surface area contributed by atoms with Crippen molar-refractivity contribution in [3.63, 3.8) is 0 Å². The van der Waals surface area contributed by atoms with Gasteiger partial charge in [-0.2, -0.15) is 13.2 Å². The van der Waals surface area contributed by atoms with Crippen molar-refractivity contribution in [2.75, 3.05) is 32.8 Å². The van der Waals surface area contributed by atoms with Crippen molar-refractivity contribution in [2.45, 2.75) is 52.1 Å². The molecule has 2 N–H and O–H groups in total. The number of aromatic nitrogens is 6. The van der Waals surface area contributed by atoms with Gasteiger partial charge in [0, 0.05) is 56.4 Å². The van der Waals surface area contributed by atoms with Crippen molar-refractivity contribution < 1.29 is 27.2 Å². The number of hydrogen-bond donors (Lipinski definition) is 2. The molecule has 0 spiro atoms. The zero-order chi connectivity index (χ0) is 29.8. The van der Waals surface area contributed by atoms with Crippen LogP contribution in [0.15, 0.2) is 41.1 Å². The number of H-pyrrole nitrogens is 1. The first-order chi connectivity index (χ1) is 20.9. The predicted octanol–water partition coefficient (Wildman–Crippen LogP) is 4.72. The van der Waals surface area contributed by atoms with E-state index in [1.54, 1.807) is 6.07 Å². The van der Waals surface area contributed by atoms with Crippen molar-refractivity contribution in [3.8, 4) is 11.5 Å². The van der Waals surface area contributed by atoms with Gasteiger partial charge in [0.05, 0.1) is 17.5 Å². The van der Waals surface area contributed by atoms with E-state index in [1.165, 1.54) is 11.6 Å². The highest BCUT2D eigenvalue weighted by atomic mass is 19.4. The summed E-state index contributed by atoms with van der Waals surface area (Å²) in [7, 11) is 0. The number of piperazine rings is 1. The maximum atomic E-state index is 13.4. The van der Waals surface area contributed by atoms with E-state index in [0.717, 1.165) is 55.8 Å². The van der Waals surface area contributed by atoms with Crippen LogP contribution in [0.4, 0.5) is 13.2 Å². The molecule has 1 saturated heterocycles. The molecule has 0 radical (unpaired) electrons. The third-order valence-corrected chi connectivity index (χ3v) is 7.57. The Morgan fingerprint density at radius 1 is 1.07 bits per heavy atom. The van der Waals surface area contributed by atoms with Crippen LogP contribution in [0.2, 0.25) is 0 Å². The number of nitrogens with one attached hydrogen (secondary N) is 2. The van der Waals surface area contributed by atoms with Gasteiger partial charge in [0.2, 0.25) is 0 Å². The molecular weight excluding hydrogens is 565 g/mol. The molecule has 11 nitrogen and oxygen atoms in total. The van der Waals surface area contributed by atoms with Crippen molar-refractivity contribution in [1.82, 2.24) is 40.6 Å². The molecular formula is C29H33F3N8O3. The Labute approximate surface area is 245 Å². The number of hydrogen-bond acceptors (Lipinski definition) is 9. The van der Waals surface area contributed by atoms with E-state index in [4.69, 9.17) is 14.0 Å². The number of halogens is 3. The molecule has 0 unspecified atom stereocenters. The Morgan fingerprint density at radius 3 is 2.70 bits per heavy atom. The molecule has 1 aliphatic heterocycles. The average molecular weight is 599 g/mol. The summed E-state index contributed by atoms with van der Waals surface area (Å²) in [5.41, 5.74) is 1.95. The average Bonchev–Trinajstić information content (AvgIpc) is 3.75. The van der Waals surface area contributed by atoms with Gasteiger partial charge in [-0.25, -0.2) is 5.10 Å². The van der Waals surface area contributed by atoms with Crippen LogP contribution >= 0.6 is 0 Å². The Hall–Kier alpha value is -4.17. The van der Waals surface area contributed by atoms with Crippen LogP contribution < -0.4 is 14.8 Å². The fraction of sp³-hybridized carbons (Fsp3) is 0.448. The maximum absolute atomic E-state index is 13.4. The molecule has 228 valence electrons. The second-order valence-corrected chi connectivity index (χ2v) is 10.6. The number of benzene rings is 2. The lowest BCUT2D eigenvalue weighted by molar-refractivity contribution is -0.141. The van der Waals surface area contributed by atoms with Crippen LogP contribution in [0.3, 0.4) is 0 Å². The maximum Gasteiger partial charge on any atom is 0.437 e. The highest BCUT2D eigenvalue weighted by molar-refractivity contribution is 5.90. The number of ether oxygens (including phenoxy) is 2. The third kappa shape index (κ3) is 6.30. The molecule has 0 amide bonds. The zero-order valence-corrected chi connectivity index (χ0v) is 23.8. The van der Waals surface area contributed by atoms with Gasteiger partial charge in [-0.1, -0.05) is 24.6 Å². The van der Waals surface area contributed by atoms with Crippen molar-refractivity contribution in [3.05, 3.63) is 59.2 Å². The highest BCUT2D eigenvalue weighted by Crippen LogP contribution is 2.38. The molecule has 1 fully saturated rings. The van der Waals surface area contributed by atoms with Gasteiger partial charge in [0.15, 0.2) is 17.1 Å². The summed E-state index contributed by atoms with van der Waals surface area (Å²) >= 11 is 0. The second kappa shape index (κ2) is 12.6. The molecule has 0 bridgehead atoms. The van der Waals surface area contributed by atoms with Gasteiger partial charge in [-0.15, -0.1) is 5.10 Å². The third-order valence-electron chi connectivity index (χ3n) is 7.57. The first-order valence-electron chi connectivity index (χ1n) is 14.4. The van der Waals surface area contributed by atoms with Crippen molar-refractivity contribution in [1.29, 1.82) is 0 Å². The molecule has 3 aromatic heterocycles. The van der Waals surface area contributed by atoms with E-state index in [9.17, 15) is 13.2 Å². The Bertz CT molecular complexity index is 1660. The number of fused-ring (bicyclic) bond motifs is 2. The predicted molar refractivity (Wildman–Crippen MR) is 152 cm³/mol. The Balaban J connectivity index is 1.20. The van der Waals surface area contributed by atoms with E-state index in [0.29, 0.717) is 43.1 Å². The summed E-state index contributed by atoms with van der Waals surface area (Å²) < 4.78 is 59.8. The van der Waals surface area contributed by atoms with Crippen molar-refractivity contribution >= 4 is 21.9 Å². The number of rotatable bonds is 12. The second-order valence-electron chi connectivity index (χ2n) is 10.6. The van der Waals surface area contributed by atoms with Crippen LogP contribution in [0.1, 0.15) is 42.4 Å². The van der Waals surface area contributed by atoms with Crippen LogP contribution in [0.25, 0.3) is 21.9 Å². The topological polar surface area (TPSA) is 119 Å². The molecule has 5 aromatic rings. The molecule has 2 aromatic carbocycles. The fourth-order valence-electron chi connectivity index (χ4n) is 5.61. The fourth-order valence-corrected chi connectivity index (χ4v) is 5.61. The molecule has 6 rings (SSSR count). The van der Waals surface area contributed by atoms with Gasteiger partial charge in [0.1, 0.15) is 18.1 Å². The Kier molecular flexibility index (Phi) is 8.47. The van der Waals surface area contributed by atoms with E-state index in [2.05, 4.69) is 52.8 Å². The molecule has 0 aliphatic carbocycles. The summed E-state index contributed by atoms with van der Waals surface area (Å²) in [6.45, 7) is 7.87. The van der Waals surface area contributed by atoms with Gasteiger partial charge in [0.25, 0.3) is 0 Å². The minimum absolute atomic E-state index is 0.0447. The van der Waals surface area contributed by atoms with E-state index in [1.807, 2.05) is 19.1 Å². The van der Waals surface area contributed by atoms with E-state index in [-0.39, 0.29) is 17.6 Å². The highest BCUT2D eigenvalue weighted by Gasteiger charge is 2.37. The number of nitrogens with zero attached hydrogens (tertiary/aromatic N) is 6. The van der Waals surface area contributed by atoms with Gasteiger partial charge in [-0.3, -0.25) is 4.90 Å². The number of aromatic amines is 1. The molecule has 43 heavy (non-hydrogen) atoms. The number of aryl methyl sites for hydroxylation is 2. The van der Waals surface area contributed by atoms with E-state index >= 15 is 0 Å². The summed E-state index contributed by atoms with van der Waals surface area (Å²) in [6.07, 6.45) is -0.487. The quantitative estimate of drug-likeness (QED) is 0.197. The van der Waals surface area contributed by atoms with Crippen LogP contribution in [-0.4, -0.2) is 68.0 Å². The molecule has 1 aliphatic rings. The first kappa shape index (κ1) is 28.9. The summed E-state index contributed by atoms with van der Waals surface area (Å²) in [6, 6.07) is 8.97. The minimum atomic E-state index is -4.58. The van der Waals surface area contributed by atoms with Crippen LogP contribution in [0, 0.1) is 0 Å². The Morgan fingerprint density at radius 2 is 1.93 bits per heavy atom. The zero-order valence-electron chi connectivity index (χ0n) is 23.8. The monoisotopic (exact) mass is 598 g/mol. The molecule has 0 atom stereocenters. The SMILES string of the molecule is CCCc1c(OCCCn2cc(CN3CCNCC3)c3c(OCc4nnn[nH]4)cccc32)ccc2c(C(F)(F)F)noc12.